The Labute approximate surface area is 139 Å². The van der Waals surface area contributed by atoms with Crippen molar-refractivity contribution >= 4 is 32.8 Å². The molecule has 1 aromatic heterocycles. The van der Waals surface area contributed by atoms with Gasteiger partial charge in [0, 0.05) is 6.04 Å². The van der Waals surface area contributed by atoms with Gasteiger partial charge in [-0.05, 0) is 31.0 Å². The number of rotatable bonds is 5. The van der Waals surface area contributed by atoms with E-state index in [1.54, 1.807) is 18.2 Å². The van der Waals surface area contributed by atoms with Crippen LogP contribution in [0.1, 0.15) is 30.5 Å². The van der Waals surface area contributed by atoms with Crippen molar-refractivity contribution in [2.24, 2.45) is 0 Å². The predicted octanol–water partition coefficient (Wildman–Crippen LogP) is 3.43. The van der Waals surface area contributed by atoms with Crippen LogP contribution >= 0.6 is 11.7 Å². The molecule has 23 heavy (non-hydrogen) atoms. The smallest absolute Gasteiger partial charge is 0.207 e. The molecule has 3 rings (SSSR count). The van der Waals surface area contributed by atoms with Crippen molar-refractivity contribution < 1.29 is 8.42 Å². The Morgan fingerprint density at radius 1 is 1.13 bits per heavy atom. The zero-order valence-electron chi connectivity index (χ0n) is 12.9. The van der Waals surface area contributed by atoms with E-state index in [9.17, 15) is 8.42 Å². The Morgan fingerprint density at radius 3 is 2.57 bits per heavy atom. The SMILES string of the molecule is CCC(NS(=O)(=O)c1cccc2nsnc12)c1ccc(C)cc1. The van der Waals surface area contributed by atoms with Gasteiger partial charge in [-0.15, -0.1) is 0 Å². The van der Waals surface area contributed by atoms with Crippen molar-refractivity contribution in [2.75, 3.05) is 0 Å². The van der Waals surface area contributed by atoms with E-state index < -0.39 is 10.0 Å². The fraction of sp³-hybridized carbons (Fsp3) is 0.250. The lowest BCUT2D eigenvalue weighted by atomic mass is 10.0. The third kappa shape index (κ3) is 3.26. The van der Waals surface area contributed by atoms with E-state index in [0.717, 1.165) is 22.9 Å². The monoisotopic (exact) mass is 347 g/mol. The molecular weight excluding hydrogens is 330 g/mol. The first-order valence-corrected chi connectivity index (χ1v) is 9.53. The molecule has 0 saturated carbocycles. The highest BCUT2D eigenvalue weighted by molar-refractivity contribution is 7.89. The summed E-state index contributed by atoms with van der Waals surface area (Å²) in [7, 11) is -3.67. The fourth-order valence-electron chi connectivity index (χ4n) is 2.43. The summed E-state index contributed by atoms with van der Waals surface area (Å²) in [4.78, 5) is 0.175. The van der Waals surface area contributed by atoms with Crippen molar-refractivity contribution in [3.63, 3.8) is 0 Å². The van der Waals surface area contributed by atoms with E-state index in [1.165, 1.54) is 0 Å². The Balaban J connectivity index is 1.96. The third-order valence-electron chi connectivity index (χ3n) is 3.72. The number of fused-ring (bicyclic) bond motifs is 1. The number of hydrogen-bond acceptors (Lipinski definition) is 5. The minimum atomic E-state index is -3.67. The second kappa shape index (κ2) is 6.35. The minimum absolute atomic E-state index is 0.175. The number of aryl methyl sites for hydroxylation is 1. The molecule has 1 atom stereocenters. The van der Waals surface area contributed by atoms with Crippen molar-refractivity contribution in [1.29, 1.82) is 0 Å². The van der Waals surface area contributed by atoms with Crippen molar-refractivity contribution in [3.05, 3.63) is 53.6 Å². The molecule has 5 nitrogen and oxygen atoms in total. The first-order chi connectivity index (χ1) is 11.0. The molecule has 7 heteroatoms. The van der Waals surface area contributed by atoms with Crippen LogP contribution in [0, 0.1) is 6.92 Å². The number of hydrogen-bond donors (Lipinski definition) is 1. The highest BCUT2D eigenvalue weighted by Crippen LogP contribution is 2.24. The molecule has 0 radical (unpaired) electrons. The molecule has 1 N–H and O–H groups in total. The van der Waals surface area contributed by atoms with Crippen LogP contribution in [0.4, 0.5) is 0 Å². The molecule has 0 aliphatic carbocycles. The minimum Gasteiger partial charge on any atom is -0.207 e. The van der Waals surface area contributed by atoms with Crippen LogP contribution in [-0.4, -0.2) is 17.2 Å². The molecule has 0 aliphatic rings. The van der Waals surface area contributed by atoms with E-state index in [0.29, 0.717) is 17.5 Å². The summed E-state index contributed by atoms with van der Waals surface area (Å²) in [5, 5.41) is 0. The second-order valence-corrected chi connectivity index (χ2v) is 7.59. The largest absolute Gasteiger partial charge is 0.243 e. The molecule has 0 amide bonds. The summed E-state index contributed by atoms with van der Waals surface area (Å²) in [5.74, 6) is 0. The van der Waals surface area contributed by atoms with Crippen molar-refractivity contribution in [2.45, 2.75) is 31.2 Å². The number of aromatic nitrogens is 2. The fourth-order valence-corrected chi connectivity index (χ4v) is 4.51. The van der Waals surface area contributed by atoms with Gasteiger partial charge in [0.2, 0.25) is 10.0 Å². The number of nitrogens with one attached hydrogen (secondary N) is 1. The molecule has 3 aromatic rings. The Hall–Kier alpha value is -1.83. The standard InChI is InChI=1S/C16H17N3O2S2/c1-3-13(12-9-7-11(2)8-10-12)19-23(20,21)15-6-4-5-14-16(15)18-22-17-14/h4-10,13,19H,3H2,1-2H3. The average molecular weight is 347 g/mol. The molecule has 0 aliphatic heterocycles. The van der Waals surface area contributed by atoms with E-state index in [1.807, 2.05) is 38.1 Å². The van der Waals surface area contributed by atoms with E-state index in [4.69, 9.17) is 0 Å². The van der Waals surface area contributed by atoms with Gasteiger partial charge in [-0.2, -0.15) is 8.75 Å². The topological polar surface area (TPSA) is 72.0 Å². The molecule has 0 spiro atoms. The number of nitrogens with zero attached hydrogens (tertiary/aromatic N) is 2. The van der Waals surface area contributed by atoms with Crippen LogP contribution in [0.15, 0.2) is 47.4 Å². The molecule has 120 valence electrons. The quantitative estimate of drug-likeness (QED) is 0.767. The number of sulfonamides is 1. The number of benzene rings is 2. The molecule has 0 bridgehead atoms. The maximum atomic E-state index is 12.8. The lowest BCUT2D eigenvalue weighted by Crippen LogP contribution is -2.28. The summed E-state index contributed by atoms with van der Waals surface area (Å²) >= 11 is 1.01. The summed E-state index contributed by atoms with van der Waals surface area (Å²) in [6.45, 7) is 3.96. The predicted molar refractivity (Wildman–Crippen MR) is 91.9 cm³/mol. The van der Waals surface area contributed by atoms with E-state index in [-0.39, 0.29) is 10.9 Å². The van der Waals surface area contributed by atoms with Gasteiger partial charge in [0.15, 0.2) is 0 Å². The van der Waals surface area contributed by atoms with Crippen LogP contribution in [0.2, 0.25) is 0 Å². The van der Waals surface area contributed by atoms with Gasteiger partial charge in [0.1, 0.15) is 15.9 Å². The highest BCUT2D eigenvalue weighted by atomic mass is 32.2. The Morgan fingerprint density at radius 2 is 1.87 bits per heavy atom. The molecule has 0 fully saturated rings. The summed E-state index contributed by atoms with van der Waals surface area (Å²) in [6.07, 6.45) is 0.660. The molecule has 1 heterocycles. The Bertz CT molecular complexity index is 918. The van der Waals surface area contributed by atoms with Gasteiger partial charge in [-0.25, -0.2) is 13.1 Å². The zero-order valence-corrected chi connectivity index (χ0v) is 14.5. The molecule has 2 aromatic carbocycles. The summed E-state index contributed by atoms with van der Waals surface area (Å²) in [6, 6.07) is 12.6. The second-order valence-electron chi connectivity index (χ2n) is 5.38. The van der Waals surface area contributed by atoms with Gasteiger partial charge in [0.05, 0.1) is 11.7 Å². The van der Waals surface area contributed by atoms with Crippen LogP contribution in [0.5, 0.6) is 0 Å². The van der Waals surface area contributed by atoms with Gasteiger partial charge in [-0.1, -0.05) is 42.8 Å². The molecule has 0 saturated heterocycles. The zero-order chi connectivity index (χ0) is 16.4. The maximum Gasteiger partial charge on any atom is 0.243 e. The third-order valence-corrected chi connectivity index (χ3v) is 5.77. The first-order valence-electron chi connectivity index (χ1n) is 7.31. The maximum absolute atomic E-state index is 12.8. The van der Waals surface area contributed by atoms with Gasteiger partial charge < -0.3 is 0 Å². The molecule has 1 unspecified atom stereocenters. The van der Waals surface area contributed by atoms with Gasteiger partial charge in [-0.3, -0.25) is 0 Å². The van der Waals surface area contributed by atoms with Crippen molar-refractivity contribution in [3.8, 4) is 0 Å². The normalized spacial score (nSPS) is 13.3. The van der Waals surface area contributed by atoms with Gasteiger partial charge in [0.25, 0.3) is 0 Å². The van der Waals surface area contributed by atoms with Crippen LogP contribution in [0.3, 0.4) is 0 Å². The van der Waals surface area contributed by atoms with Crippen molar-refractivity contribution in [1.82, 2.24) is 13.5 Å². The van der Waals surface area contributed by atoms with Crippen LogP contribution in [0.25, 0.3) is 11.0 Å². The van der Waals surface area contributed by atoms with Crippen LogP contribution in [-0.2, 0) is 10.0 Å². The first kappa shape index (κ1) is 16.0. The summed E-state index contributed by atoms with van der Waals surface area (Å²) in [5.41, 5.74) is 3.11. The van der Waals surface area contributed by atoms with Gasteiger partial charge >= 0.3 is 0 Å². The Kier molecular flexibility index (Phi) is 4.43. The summed E-state index contributed by atoms with van der Waals surface area (Å²) < 4.78 is 36.6. The van der Waals surface area contributed by atoms with Crippen LogP contribution < -0.4 is 4.72 Å². The lowest BCUT2D eigenvalue weighted by molar-refractivity contribution is 0.551. The molecular formula is C16H17N3O2S2. The average Bonchev–Trinajstić information content (AvgIpc) is 3.02. The lowest BCUT2D eigenvalue weighted by Gasteiger charge is -2.18. The van der Waals surface area contributed by atoms with E-state index >= 15 is 0 Å². The van der Waals surface area contributed by atoms with E-state index in [2.05, 4.69) is 13.5 Å². The highest BCUT2D eigenvalue weighted by Gasteiger charge is 2.23.